The lowest BCUT2D eigenvalue weighted by atomic mass is 9.98. The second-order valence-corrected chi connectivity index (χ2v) is 9.35. The summed E-state index contributed by atoms with van der Waals surface area (Å²) in [5.41, 5.74) is 1.68. The molecule has 31 heavy (non-hydrogen) atoms. The Morgan fingerprint density at radius 1 is 1.23 bits per heavy atom. The number of carboxylic acid groups (broad SMARTS) is 1. The van der Waals surface area contributed by atoms with Crippen LogP contribution in [0.1, 0.15) is 43.0 Å². The summed E-state index contributed by atoms with van der Waals surface area (Å²) in [6, 6.07) is 3.45. The number of H-pyrrole nitrogens is 1. The Morgan fingerprint density at radius 2 is 2.00 bits per heavy atom. The first kappa shape index (κ1) is 21.8. The lowest BCUT2D eigenvalue weighted by molar-refractivity contribution is -0.139. The number of benzene rings is 1. The number of aryl methyl sites for hydroxylation is 2. The average molecular weight is 507 g/mol. The fourth-order valence-corrected chi connectivity index (χ4v) is 5.71. The van der Waals surface area contributed by atoms with E-state index in [-0.39, 0.29) is 5.56 Å². The standard InChI is InChI=1S/C22H23BrN2O5S/c1-2-29-15-10-12(9-14(23)19(15)30-11-17(26)27)20-24-21(28)18-13-7-5-3-4-6-8-16(13)31-22(18)25-20/h9-10H,2-8,11H2,1H3,(H,26,27)(H,24,25,28). The zero-order valence-corrected chi connectivity index (χ0v) is 19.5. The van der Waals surface area contributed by atoms with Gasteiger partial charge in [-0.1, -0.05) is 12.8 Å². The van der Waals surface area contributed by atoms with Gasteiger partial charge in [0.15, 0.2) is 18.1 Å². The second kappa shape index (κ2) is 9.40. The summed E-state index contributed by atoms with van der Waals surface area (Å²) >= 11 is 5.05. The number of ether oxygens (including phenoxy) is 2. The maximum Gasteiger partial charge on any atom is 0.341 e. The van der Waals surface area contributed by atoms with Gasteiger partial charge in [-0.2, -0.15) is 0 Å². The number of hydrogen-bond acceptors (Lipinski definition) is 6. The van der Waals surface area contributed by atoms with Crippen LogP contribution in [0.5, 0.6) is 11.5 Å². The van der Waals surface area contributed by atoms with Crippen molar-refractivity contribution in [3.05, 3.63) is 37.4 Å². The Balaban J connectivity index is 1.79. The molecule has 2 N–H and O–H groups in total. The third-order valence-electron chi connectivity index (χ3n) is 5.25. The van der Waals surface area contributed by atoms with Gasteiger partial charge in [0.2, 0.25) is 0 Å². The van der Waals surface area contributed by atoms with Crippen molar-refractivity contribution < 1.29 is 19.4 Å². The maximum atomic E-state index is 13.0. The van der Waals surface area contributed by atoms with Crippen LogP contribution >= 0.6 is 27.3 Å². The van der Waals surface area contributed by atoms with Crippen molar-refractivity contribution in [3.63, 3.8) is 0 Å². The van der Waals surface area contributed by atoms with E-state index in [1.807, 2.05) is 6.92 Å². The lowest BCUT2D eigenvalue weighted by Gasteiger charge is -2.14. The molecule has 0 bridgehead atoms. The first-order chi connectivity index (χ1) is 15.0. The highest BCUT2D eigenvalue weighted by Gasteiger charge is 2.20. The molecule has 0 radical (unpaired) electrons. The normalized spacial score (nSPS) is 14.0. The summed E-state index contributed by atoms with van der Waals surface area (Å²) in [6.07, 6.45) is 6.60. The van der Waals surface area contributed by atoms with Crippen molar-refractivity contribution in [1.82, 2.24) is 9.97 Å². The van der Waals surface area contributed by atoms with Crippen LogP contribution in [-0.4, -0.2) is 34.3 Å². The van der Waals surface area contributed by atoms with E-state index in [9.17, 15) is 9.59 Å². The predicted molar refractivity (Wildman–Crippen MR) is 124 cm³/mol. The van der Waals surface area contributed by atoms with Crippen LogP contribution in [0.15, 0.2) is 21.4 Å². The van der Waals surface area contributed by atoms with Crippen molar-refractivity contribution in [2.24, 2.45) is 0 Å². The molecule has 0 amide bonds. The number of rotatable bonds is 6. The minimum absolute atomic E-state index is 0.127. The number of aromatic amines is 1. The summed E-state index contributed by atoms with van der Waals surface area (Å²) in [5, 5.41) is 9.64. The van der Waals surface area contributed by atoms with E-state index in [0.29, 0.717) is 34.0 Å². The molecule has 1 aliphatic carbocycles. The van der Waals surface area contributed by atoms with Crippen LogP contribution in [0.2, 0.25) is 0 Å². The van der Waals surface area contributed by atoms with Crippen molar-refractivity contribution in [2.45, 2.75) is 45.4 Å². The number of hydrogen-bond donors (Lipinski definition) is 2. The van der Waals surface area contributed by atoms with Crippen LogP contribution in [0, 0.1) is 0 Å². The van der Waals surface area contributed by atoms with E-state index in [2.05, 4.69) is 20.9 Å². The molecule has 1 aromatic carbocycles. The summed E-state index contributed by atoms with van der Waals surface area (Å²) in [5.74, 6) is 0.0473. The van der Waals surface area contributed by atoms with Crippen LogP contribution in [0.3, 0.4) is 0 Å². The number of carboxylic acids is 1. The van der Waals surface area contributed by atoms with Crippen molar-refractivity contribution in [1.29, 1.82) is 0 Å². The van der Waals surface area contributed by atoms with Gasteiger partial charge in [-0.25, -0.2) is 9.78 Å². The molecule has 0 aliphatic heterocycles. The van der Waals surface area contributed by atoms with Crippen molar-refractivity contribution in [3.8, 4) is 22.9 Å². The Labute approximate surface area is 191 Å². The van der Waals surface area contributed by atoms with Gasteiger partial charge in [-0.3, -0.25) is 4.79 Å². The van der Waals surface area contributed by atoms with E-state index < -0.39 is 12.6 Å². The van der Waals surface area contributed by atoms with Gasteiger partial charge in [0.05, 0.1) is 16.5 Å². The average Bonchev–Trinajstić information content (AvgIpc) is 3.04. The molecular weight excluding hydrogens is 484 g/mol. The molecule has 2 aromatic heterocycles. The number of aromatic nitrogens is 2. The summed E-state index contributed by atoms with van der Waals surface area (Å²) in [4.78, 5) is 33.7. The van der Waals surface area contributed by atoms with Crippen molar-refractivity contribution >= 4 is 43.5 Å². The fraction of sp³-hybridized carbons (Fsp3) is 0.409. The minimum Gasteiger partial charge on any atom is -0.490 e. The third-order valence-corrected chi connectivity index (χ3v) is 7.02. The molecule has 3 aromatic rings. The highest BCUT2D eigenvalue weighted by Crippen LogP contribution is 2.40. The summed E-state index contributed by atoms with van der Waals surface area (Å²) < 4.78 is 11.6. The molecule has 164 valence electrons. The highest BCUT2D eigenvalue weighted by atomic mass is 79.9. The number of nitrogens with zero attached hydrogens (tertiary/aromatic N) is 1. The predicted octanol–water partition coefficient (Wildman–Crippen LogP) is 4.94. The maximum absolute atomic E-state index is 13.0. The monoisotopic (exact) mass is 506 g/mol. The molecule has 0 unspecified atom stereocenters. The number of thiophene rings is 1. The van der Waals surface area contributed by atoms with E-state index in [0.717, 1.165) is 41.5 Å². The molecule has 0 saturated carbocycles. The SMILES string of the molecule is CCOc1cc(-c2nc3sc4c(c3c(=O)[nH]2)CCCCCC4)cc(Br)c1OCC(=O)O. The number of fused-ring (bicyclic) bond motifs is 3. The fourth-order valence-electron chi connectivity index (χ4n) is 3.90. The quantitative estimate of drug-likeness (QED) is 0.491. The second-order valence-electron chi connectivity index (χ2n) is 7.41. The van der Waals surface area contributed by atoms with Gasteiger partial charge >= 0.3 is 5.97 Å². The molecule has 2 heterocycles. The first-order valence-corrected chi connectivity index (χ1v) is 11.9. The van der Waals surface area contributed by atoms with Gasteiger partial charge in [0.25, 0.3) is 5.56 Å². The molecule has 1 aliphatic rings. The molecule has 7 nitrogen and oxygen atoms in total. The van der Waals surface area contributed by atoms with Gasteiger partial charge in [0.1, 0.15) is 10.7 Å². The molecule has 9 heteroatoms. The van der Waals surface area contributed by atoms with Crippen LogP contribution < -0.4 is 15.0 Å². The summed E-state index contributed by atoms with van der Waals surface area (Å²) in [7, 11) is 0. The Kier molecular flexibility index (Phi) is 6.62. The van der Waals surface area contributed by atoms with E-state index >= 15 is 0 Å². The molecule has 0 spiro atoms. The Hall–Kier alpha value is -2.39. The largest absolute Gasteiger partial charge is 0.490 e. The van der Waals surface area contributed by atoms with Gasteiger partial charge in [-0.05, 0) is 66.2 Å². The highest BCUT2D eigenvalue weighted by molar-refractivity contribution is 9.10. The number of aliphatic carboxylic acids is 1. The molecular formula is C22H23BrN2O5S. The van der Waals surface area contributed by atoms with Crippen LogP contribution in [-0.2, 0) is 17.6 Å². The zero-order chi connectivity index (χ0) is 22.0. The zero-order valence-electron chi connectivity index (χ0n) is 17.1. The third kappa shape index (κ3) is 4.62. The Morgan fingerprint density at radius 3 is 2.74 bits per heavy atom. The summed E-state index contributed by atoms with van der Waals surface area (Å²) in [6.45, 7) is 1.72. The van der Waals surface area contributed by atoms with E-state index in [4.69, 9.17) is 19.6 Å². The van der Waals surface area contributed by atoms with E-state index in [1.54, 1.807) is 23.5 Å². The number of nitrogens with one attached hydrogen (secondary N) is 1. The van der Waals surface area contributed by atoms with Gasteiger partial charge < -0.3 is 19.6 Å². The van der Waals surface area contributed by atoms with Gasteiger partial charge in [-0.15, -0.1) is 11.3 Å². The first-order valence-electron chi connectivity index (χ1n) is 10.3. The van der Waals surface area contributed by atoms with Gasteiger partial charge in [0, 0.05) is 10.4 Å². The smallest absolute Gasteiger partial charge is 0.341 e. The molecule has 4 rings (SSSR count). The van der Waals surface area contributed by atoms with Crippen molar-refractivity contribution in [2.75, 3.05) is 13.2 Å². The van der Waals surface area contributed by atoms with E-state index in [1.165, 1.54) is 17.7 Å². The molecule has 0 saturated heterocycles. The molecule has 0 fully saturated rings. The number of halogens is 1. The Bertz CT molecular complexity index is 1190. The lowest BCUT2D eigenvalue weighted by Crippen LogP contribution is -2.12. The number of carbonyl (C=O) groups is 1. The topological polar surface area (TPSA) is 102 Å². The van der Waals surface area contributed by atoms with Crippen LogP contribution in [0.25, 0.3) is 21.6 Å². The van der Waals surface area contributed by atoms with Crippen LogP contribution in [0.4, 0.5) is 0 Å². The minimum atomic E-state index is -1.08. The molecule has 0 atom stereocenters.